The first-order chi connectivity index (χ1) is 6.02. The molecule has 0 saturated carbocycles. The van der Waals surface area contributed by atoms with Gasteiger partial charge in [-0.15, -0.1) is 0 Å². The molecule has 0 fully saturated rings. The van der Waals surface area contributed by atoms with Crippen molar-refractivity contribution in [3.63, 3.8) is 0 Å². The van der Waals surface area contributed by atoms with E-state index >= 15 is 0 Å². The van der Waals surface area contributed by atoms with E-state index < -0.39 is 17.9 Å². The van der Waals surface area contributed by atoms with Crippen LogP contribution in [0.25, 0.3) is 0 Å². The Balaban J connectivity index is 3.19. The number of benzene rings is 1. The summed E-state index contributed by atoms with van der Waals surface area (Å²) in [6.45, 7) is 1.38. The van der Waals surface area contributed by atoms with Crippen LogP contribution in [0.3, 0.4) is 0 Å². The van der Waals surface area contributed by atoms with Gasteiger partial charge in [-0.2, -0.15) is 0 Å². The van der Waals surface area contributed by atoms with Gasteiger partial charge in [0.15, 0.2) is 0 Å². The highest BCUT2D eigenvalue weighted by molar-refractivity contribution is 5.87. The Bertz CT molecular complexity index is 334. The molecule has 0 aromatic heterocycles. The number of halogens is 1. The Kier molecular flexibility index (Phi) is 2.63. The second-order valence-electron chi connectivity index (χ2n) is 2.72. The van der Waals surface area contributed by atoms with Gasteiger partial charge in [-0.05, 0) is 25.1 Å². The van der Waals surface area contributed by atoms with Crippen LogP contribution in [0.15, 0.2) is 18.2 Å². The maximum atomic E-state index is 12.9. The second kappa shape index (κ2) is 3.53. The molecule has 1 aromatic rings. The average Bonchev–Trinajstić information content (AvgIpc) is 2.04. The number of carboxylic acid groups (broad SMARTS) is 1. The van der Waals surface area contributed by atoms with Gasteiger partial charge in [-0.3, -0.25) is 0 Å². The van der Waals surface area contributed by atoms with Crippen molar-refractivity contribution >= 4 is 5.97 Å². The van der Waals surface area contributed by atoms with Gasteiger partial charge in [-0.25, -0.2) is 9.18 Å². The first kappa shape index (κ1) is 9.67. The third-order valence-corrected chi connectivity index (χ3v) is 1.69. The van der Waals surface area contributed by atoms with E-state index in [4.69, 9.17) is 10.2 Å². The van der Waals surface area contributed by atoms with Crippen molar-refractivity contribution in [1.29, 1.82) is 0 Å². The highest BCUT2D eigenvalue weighted by Gasteiger charge is 2.11. The van der Waals surface area contributed by atoms with Gasteiger partial charge in [0.25, 0.3) is 0 Å². The van der Waals surface area contributed by atoms with E-state index in [9.17, 15) is 9.18 Å². The minimum atomic E-state index is -1.14. The minimum Gasteiger partial charge on any atom is -0.478 e. The number of aromatic carboxylic acids is 1. The molecule has 70 valence electrons. The molecule has 0 radical (unpaired) electrons. The zero-order valence-corrected chi connectivity index (χ0v) is 6.99. The van der Waals surface area contributed by atoms with Gasteiger partial charge in [0, 0.05) is 5.56 Å². The molecular formula is C9H9FO3. The molecule has 4 heteroatoms. The summed E-state index contributed by atoms with van der Waals surface area (Å²) in [6, 6.07) is 3.32. The maximum Gasteiger partial charge on any atom is 0.335 e. The van der Waals surface area contributed by atoms with Crippen LogP contribution in [0.1, 0.15) is 28.9 Å². The van der Waals surface area contributed by atoms with E-state index in [2.05, 4.69) is 0 Å². The molecule has 3 nitrogen and oxygen atoms in total. The van der Waals surface area contributed by atoms with Gasteiger partial charge < -0.3 is 10.2 Å². The van der Waals surface area contributed by atoms with Crippen LogP contribution >= 0.6 is 0 Å². The van der Waals surface area contributed by atoms with Crippen molar-refractivity contribution in [1.82, 2.24) is 0 Å². The Labute approximate surface area is 74.4 Å². The number of hydrogen-bond donors (Lipinski definition) is 2. The summed E-state index contributed by atoms with van der Waals surface area (Å²) in [5.41, 5.74) is -0.0304. The van der Waals surface area contributed by atoms with E-state index in [0.717, 1.165) is 18.2 Å². The lowest BCUT2D eigenvalue weighted by atomic mass is 10.1. The van der Waals surface area contributed by atoms with Gasteiger partial charge in [0.05, 0.1) is 11.7 Å². The van der Waals surface area contributed by atoms with Crippen molar-refractivity contribution in [2.75, 3.05) is 0 Å². The largest absolute Gasteiger partial charge is 0.478 e. The molecular weight excluding hydrogens is 175 g/mol. The first-order valence-electron chi connectivity index (χ1n) is 3.73. The Hall–Kier alpha value is -1.42. The quantitative estimate of drug-likeness (QED) is 0.733. The average molecular weight is 184 g/mol. The molecule has 13 heavy (non-hydrogen) atoms. The molecule has 1 aromatic carbocycles. The number of aliphatic hydroxyl groups excluding tert-OH is 1. The number of aliphatic hydroxyl groups is 1. The van der Waals surface area contributed by atoms with Crippen molar-refractivity contribution in [2.24, 2.45) is 0 Å². The Morgan fingerprint density at radius 3 is 2.62 bits per heavy atom. The molecule has 0 aliphatic carbocycles. The summed E-state index contributed by atoms with van der Waals surface area (Å²) < 4.78 is 12.9. The molecule has 0 aliphatic heterocycles. The fraction of sp³-hybridized carbons (Fsp3) is 0.222. The van der Waals surface area contributed by atoms with E-state index in [1.54, 1.807) is 0 Å². The molecule has 0 amide bonds. The van der Waals surface area contributed by atoms with Crippen molar-refractivity contribution in [2.45, 2.75) is 13.0 Å². The summed E-state index contributed by atoms with van der Waals surface area (Å²) in [5, 5.41) is 17.7. The van der Waals surface area contributed by atoms with Crippen LogP contribution in [-0.2, 0) is 0 Å². The molecule has 0 bridgehead atoms. The van der Waals surface area contributed by atoms with Crippen LogP contribution < -0.4 is 0 Å². The van der Waals surface area contributed by atoms with Crippen LogP contribution in [0.4, 0.5) is 4.39 Å². The SMILES string of the molecule is CC(O)c1cc(C(=O)O)ccc1F. The van der Waals surface area contributed by atoms with Crippen LogP contribution in [0.5, 0.6) is 0 Å². The summed E-state index contributed by atoms with van der Waals surface area (Å²) in [6.07, 6.45) is -1.00. The third kappa shape index (κ3) is 2.03. The number of hydrogen-bond acceptors (Lipinski definition) is 2. The zero-order valence-electron chi connectivity index (χ0n) is 6.99. The Morgan fingerprint density at radius 2 is 2.15 bits per heavy atom. The predicted molar refractivity (Wildman–Crippen MR) is 44.0 cm³/mol. The summed E-state index contributed by atoms with van der Waals surface area (Å²) >= 11 is 0. The zero-order chi connectivity index (χ0) is 10.0. The number of rotatable bonds is 2. The van der Waals surface area contributed by atoms with E-state index in [1.165, 1.54) is 6.92 Å². The fourth-order valence-electron chi connectivity index (χ4n) is 0.997. The van der Waals surface area contributed by atoms with Crippen LogP contribution in [0, 0.1) is 5.82 Å². The molecule has 1 atom stereocenters. The molecule has 0 aliphatic rings. The number of carbonyl (C=O) groups is 1. The normalized spacial score (nSPS) is 12.5. The molecule has 1 rings (SSSR count). The summed E-state index contributed by atoms with van der Waals surface area (Å²) in [5.74, 6) is -1.73. The summed E-state index contributed by atoms with van der Waals surface area (Å²) in [7, 11) is 0. The van der Waals surface area contributed by atoms with Crippen molar-refractivity contribution < 1.29 is 19.4 Å². The lowest BCUT2D eigenvalue weighted by Crippen LogP contribution is -2.01. The highest BCUT2D eigenvalue weighted by atomic mass is 19.1. The molecule has 0 spiro atoms. The standard InChI is InChI=1S/C9H9FO3/c1-5(11)7-4-6(9(12)13)2-3-8(7)10/h2-5,11H,1H3,(H,12,13). The number of carboxylic acids is 1. The molecule has 2 N–H and O–H groups in total. The van der Waals surface area contributed by atoms with Crippen molar-refractivity contribution in [3.05, 3.63) is 35.1 Å². The van der Waals surface area contributed by atoms with Crippen LogP contribution in [0.2, 0.25) is 0 Å². The van der Waals surface area contributed by atoms with E-state index in [0.29, 0.717) is 0 Å². The van der Waals surface area contributed by atoms with Crippen LogP contribution in [-0.4, -0.2) is 16.2 Å². The van der Waals surface area contributed by atoms with Gasteiger partial charge in [0.1, 0.15) is 5.82 Å². The smallest absolute Gasteiger partial charge is 0.335 e. The van der Waals surface area contributed by atoms with Crippen molar-refractivity contribution in [3.8, 4) is 0 Å². The molecule has 0 heterocycles. The monoisotopic (exact) mass is 184 g/mol. The predicted octanol–water partition coefficient (Wildman–Crippen LogP) is 1.58. The van der Waals surface area contributed by atoms with E-state index in [1.807, 2.05) is 0 Å². The molecule has 0 saturated heterocycles. The molecule has 1 unspecified atom stereocenters. The van der Waals surface area contributed by atoms with Gasteiger partial charge >= 0.3 is 5.97 Å². The Morgan fingerprint density at radius 1 is 1.54 bits per heavy atom. The third-order valence-electron chi connectivity index (χ3n) is 1.69. The van der Waals surface area contributed by atoms with Gasteiger partial charge in [-0.1, -0.05) is 0 Å². The minimum absolute atomic E-state index is 0.0000926. The highest BCUT2D eigenvalue weighted by Crippen LogP contribution is 2.17. The van der Waals surface area contributed by atoms with Gasteiger partial charge in [0.2, 0.25) is 0 Å². The summed E-state index contributed by atoms with van der Waals surface area (Å²) in [4.78, 5) is 10.5. The maximum absolute atomic E-state index is 12.9. The fourth-order valence-corrected chi connectivity index (χ4v) is 0.997. The lowest BCUT2D eigenvalue weighted by molar-refractivity contribution is 0.0696. The lowest BCUT2D eigenvalue weighted by Gasteiger charge is -2.06. The van der Waals surface area contributed by atoms with E-state index in [-0.39, 0.29) is 11.1 Å². The first-order valence-corrected chi connectivity index (χ1v) is 3.73. The second-order valence-corrected chi connectivity index (χ2v) is 2.72. The topological polar surface area (TPSA) is 57.5 Å².